The molecule has 90 valence electrons. The fraction of sp³-hybridized carbons (Fsp3) is 0.429. The van der Waals surface area contributed by atoms with E-state index in [0.29, 0.717) is 0 Å². The zero-order valence-corrected chi connectivity index (χ0v) is 9.21. The van der Waals surface area contributed by atoms with Crippen molar-refractivity contribution in [2.45, 2.75) is 6.54 Å². The molecular weight excluding hydrogens is 237 g/mol. The van der Waals surface area contributed by atoms with Crippen molar-refractivity contribution in [1.82, 2.24) is 9.55 Å². The predicted octanol–water partition coefficient (Wildman–Crippen LogP) is -1.02. The number of nitrogen functional groups attached to an aromatic ring is 1. The first-order valence-corrected chi connectivity index (χ1v) is 6.13. The highest BCUT2D eigenvalue weighted by Crippen LogP contribution is 2.33. The number of rotatable bonds is 5. The van der Waals surface area contributed by atoms with E-state index in [0.717, 1.165) is 0 Å². The molecule has 1 heterocycles. The SMILES string of the molecule is Nc1nc(=O)ccn1CCOCP(=O)(O)O. The van der Waals surface area contributed by atoms with Crippen molar-refractivity contribution in [3.05, 3.63) is 22.6 Å². The van der Waals surface area contributed by atoms with Crippen LogP contribution in [0.3, 0.4) is 0 Å². The summed E-state index contributed by atoms with van der Waals surface area (Å²) in [5.74, 6) is 0.0345. The molecular formula is C7H12N3O5P. The molecule has 0 bridgehead atoms. The molecule has 9 heteroatoms. The third-order valence-electron chi connectivity index (χ3n) is 1.65. The van der Waals surface area contributed by atoms with Gasteiger partial charge in [0.25, 0.3) is 5.56 Å². The molecule has 0 aliphatic rings. The number of nitrogens with zero attached hydrogens (tertiary/aromatic N) is 2. The standard InChI is InChI=1S/C7H12N3O5P/c8-7-9-6(11)1-2-10(7)3-4-15-5-16(12,13)14/h1-2H,3-5H2,(H2,8,9,11)(H2,12,13,14). The van der Waals surface area contributed by atoms with Gasteiger partial charge < -0.3 is 24.8 Å². The van der Waals surface area contributed by atoms with Crippen molar-refractivity contribution in [2.24, 2.45) is 0 Å². The summed E-state index contributed by atoms with van der Waals surface area (Å²) in [5, 5.41) is 0. The maximum Gasteiger partial charge on any atom is 0.350 e. The van der Waals surface area contributed by atoms with Crippen molar-refractivity contribution in [1.29, 1.82) is 0 Å². The number of ether oxygens (including phenoxy) is 1. The Hall–Kier alpha value is -1.21. The quantitative estimate of drug-likeness (QED) is 0.450. The molecule has 1 rings (SSSR count). The van der Waals surface area contributed by atoms with Gasteiger partial charge in [0.05, 0.1) is 6.61 Å². The van der Waals surface area contributed by atoms with Crippen LogP contribution < -0.4 is 11.3 Å². The molecule has 0 saturated carbocycles. The van der Waals surface area contributed by atoms with E-state index in [9.17, 15) is 9.36 Å². The van der Waals surface area contributed by atoms with Crippen LogP contribution in [0.25, 0.3) is 0 Å². The van der Waals surface area contributed by atoms with Crippen LogP contribution in [0.2, 0.25) is 0 Å². The van der Waals surface area contributed by atoms with Gasteiger partial charge in [-0.05, 0) is 0 Å². The van der Waals surface area contributed by atoms with Gasteiger partial charge >= 0.3 is 7.60 Å². The fourth-order valence-corrected chi connectivity index (χ4v) is 1.35. The van der Waals surface area contributed by atoms with Crippen LogP contribution in [-0.2, 0) is 15.8 Å². The number of aromatic nitrogens is 2. The van der Waals surface area contributed by atoms with Gasteiger partial charge in [-0.25, -0.2) is 0 Å². The van der Waals surface area contributed by atoms with E-state index in [1.165, 1.54) is 16.8 Å². The van der Waals surface area contributed by atoms with Crippen LogP contribution >= 0.6 is 7.60 Å². The zero-order valence-electron chi connectivity index (χ0n) is 8.31. The summed E-state index contributed by atoms with van der Waals surface area (Å²) in [5.41, 5.74) is 4.99. The van der Waals surface area contributed by atoms with Gasteiger partial charge in [0.2, 0.25) is 5.95 Å². The zero-order chi connectivity index (χ0) is 12.2. The van der Waals surface area contributed by atoms with E-state index in [4.69, 9.17) is 20.3 Å². The Morgan fingerprint density at radius 2 is 2.25 bits per heavy atom. The lowest BCUT2D eigenvalue weighted by Gasteiger charge is -2.09. The van der Waals surface area contributed by atoms with Crippen LogP contribution in [0, 0.1) is 0 Å². The molecule has 0 aliphatic carbocycles. The fourth-order valence-electron chi connectivity index (χ4n) is 0.980. The van der Waals surface area contributed by atoms with E-state index in [2.05, 4.69) is 4.98 Å². The lowest BCUT2D eigenvalue weighted by atomic mass is 10.6. The summed E-state index contributed by atoms with van der Waals surface area (Å²) in [6.07, 6.45) is 0.798. The number of nitrogens with two attached hydrogens (primary N) is 1. The van der Waals surface area contributed by atoms with Gasteiger partial charge in [-0.3, -0.25) is 9.36 Å². The maximum atomic E-state index is 10.8. The van der Waals surface area contributed by atoms with Gasteiger partial charge in [-0.15, -0.1) is 0 Å². The third kappa shape index (κ3) is 4.54. The molecule has 1 aromatic heterocycles. The van der Waals surface area contributed by atoms with Crippen molar-refractivity contribution in [3.63, 3.8) is 0 Å². The van der Waals surface area contributed by atoms with Gasteiger partial charge in [-0.1, -0.05) is 0 Å². The highest BCUT2D eigenvalue weighted by molar-refractivity contribution is 7.51. The molecule has 0 atom stereocenters. The minimum Gasteiger partial charge on any atom is -0.369 e. The van der Waals surface area contributed by atoms with Gasteiger partial charge in [0.1, 0.15) is 6.35 Å². The van der Waals surface area contributed by atoms with Crippen molar-refractivity contribution in [2.75, 3.05) is 18.7 Å². The summed E-state index contributed by atoms with van der Waals surface area (Å²) in [6.45, 7) is 0.332. The summed E-state index contributed by atoms with van der Waals surface area (Å²) < 4.78 is 16.6. The molecule has 0 spiro atoms. The summed E-state index contributed by atoms with van der Waals surface area (Å²) in [6, 6.07) is 1.24. The van der Waals surface area contributed by atoms with Crippen LogP contribution in [-0.4, -0.2) is 32.3 Å². The molecule has 8 nitrogen and oxygen atoms in total. The lowest BCUT2D eigenvalue weighted by molar-refractivity contribution is 0.149. The highest BCUT2D eigenvalue weighted by Gasteiger charge is 2.12. The van der Waals surface area contributed by atoms with Gasteiger partial charge in [0.15, 0.2) is 0 Å². The number of hydrogen-bond acceptors (Lipinski definition) is 5. The predicted molar refractivity (Wildman–Crippen MR) is 55.8 cm³/mol. The molecule has 0 amide bonds. The molecule has 4 N–H and O–H groups in total. The Labute approximate surface area is 90.8 Å². The van der Waals surface area contributed by atoms with Crippen LogP contribution in [0.15, 0.2) is 17.1 Å². The second kappa shape index (κ2) is 5.22. The molecule has 0 unspecified atom stereocenters. The summed E-state index contributed by atoms with van der Waals surface area (Å²) in [4.78, 5) is 31.3. The Morgan fingerprint density at radius 1 is 1.56 bits per heavy atom. The Morgan fingerprint density at radius 3 is 2.81 bits per heavy atom. The van der Waals surface area contributed by atoms with Crippen molar-refractivity contribution >= 4 is 13.5 Å². The molecule has 0 aliphatic heterocycles. The highest BCUT2D eigenvalue weighted by atomic mass is 31.2. The van der Waals surface area contributed by atoms with E-state index in [1.807, 2.05) is 0 Å². The van der Waals surface area contributed by atoms with E-state index >= 15 is 0 Å². The number of anilines is 1. The van der Waals surface area contributed by atoms with E-state index in [1.54, 1.807) is 0 Å². The smallest absolute Gasteiger partial charge is 0.350 e. The lowest BCUT2D eigenvalue weighted by Crippen LogP contribution is -2.17. The number of hydrogen-bond donors (Lipinski definition) is 3. The molecule has 1 aromatic rings. The first-order valence-electron chi connectivity index (χ1n) is 4.34. The molecule has 0 aromatic carbocycles. The molecule has 0 saturated heterocycles. The van der Waals surface area contributed by atoms with Crippen LogP contribution in [0.5, 0.6) is 0 Å². The Bertz CT molecular complexity index is 454. The van der Waals surface area contributed by atoms with Crippen LogP contribution in [0.1, 0.15) is 0 Å². The first kappa shape index (κ1) is 12.9. The summed E-state index contributed by atoms with van der Waals surface area (Å²) in [7, 11) is -4.14. The minimum atomic E-state index is -4.14. The van der Waals surface area contributed by atoms with E-state index < -0.39 is 19.5 Å². The average molecular weight is 249 g/mol. The largest absolute Gasteiger partial charge is 0.369 e. The van der Waals surface area contributed by atoms with Gasteiger partial charge in [0, 0.05) is 18.8 Å². The van der Waals surface area contributed by atoms with Crippen molar-refractivity contribution < 1.29 is 19.1 Å². The Balaban J connectivity index is 2.44. The van der Waals surface area contributed by atoms with E-state index in [-0.39, 0.29) is 19.1 Å². The maximum absolute atomic E-state index is 10.8. The first-order chi connectivity index (χ1) is 7.38. The molecule has 0 radical (unpaired) electrons. The van der Waals surface area contributed by atoms with Crippen LogP contribution in [0.4, 0.5) is 5.95 Å². The van der Waals surface area contributed by atoms with Gasteiger partial charge in [-0.2, -0.15) is 4.98 Å². The second-order valence-electron chi connectivity index (χ2n) is 3.02. The molecule has 16 heavy (non-hydrogen) atoms. The summed E-state index contributed by atoms with van der Waals surface area (Å²) >= 11 is 0. The minimum absolute atomic E-state index is 0.0345. The average Bonchev–Trinajstić information content (AvgIpc) is 2.13. The second-order valence-corrected chi connectivity index (χ2v) is 4.61. The Kier molecular flexibility index (Phi) is 4.19. The normalized spacial score (nSPS) is 11.6. The molecule has 0 fully saturated rings. The third-order valence-corrected chi connectivity index (χ3v) is 2.17. The monoisotopic (exact) mass is 249 g/mol. The van der Waals surface area contributed by atoms with Crippen molar-refractivity contribution in [3.8, 4) is 0 Å². The topological polar surface area (TPSA) is 128 Å².